The molecule has 0 bridgehead atoms. The van der Waals surface area contributed by atoms with Gasteiger partial charge in [-0.2, -0.15) is 5.10 Å². The van der Waals surface area contributed by atoms with Gasteiger partial charge in [-0.15, -0.1) is 11.8 Å². The predicted molar refractivity (Wildman–Crippen MR) is 98.6 cm³/mol. The number of hydrogen-bond donors (Lipinski definition) is 0. The molecule has 1 aromatic heterocycles. The molecule has 138 valence electrons. The van der Waals surface area contributed by atoms with E-state index >= 15 is 0 Å². The van der Waals surface area contributed by atoms with Crippen molar-refractivity contribution in [1.82, 2.24) is 19.6 Å². The second-order valence-corrected chi connectivity index (χ2v) is 9.25. The Kier molecular flexibility index (Phi) is 4.81. The Balaban J connectivity index is 1.21. The number of carbonyl (C=O) groups is 1. The Morgan fingerprint density at radius 3 is 2.84 bits per heavy atom. The minimum atomic E-state index is 0.172. The van der Waals surface area contributed by atoms with Crippen LogP contribution in [0.1, 0.15) is 30.7 Å². The molecule has 0 radical (unpaired) electrons. The number of likely N-dealkylation sites (tertiary alicyclic amines) is 2. The summed E-state index contributed by atoms with van der Waals surface area (Å²) >= 11 is 2.03. The molecule has 1 atom stereocenters. The maximum Gasteiger partial charge on any atom is 0.248 e. The molecule has 7 heteroatoms. The topological polar surface area (TPSA) is 50.6 Å². The molecule has 1 spiro atoms. The largest absolute Gasteiger partial charge is 0.367 e. The Bertz CT molecular complexity index is 635. The van der Waals surface area contributed by atoms with Gasteiger partial charge in [0.2, 0.25) is 5.91 Å². The van der Waals surface area contributed by atoms with Gasteiger partial charge >= 0.3 is 0 Å². The van der Waals surface area contributed by atoms with E-state index in [9.17, 15) is 4.79 Å². The molecule has 4 heterocycles. The van der Waals surface area contributed by atoms with Gasteiger partial charge in [-0.05, 0) is 32.3 Å². The van der Waals surface area contributed by atoms with Crippen molar-refractivity contribution in [2.75, 3.05) is 38.5 Å². The average Bonchev–Trinajstić information content (AvgIpc) is 3.26. The first-order chi connectivity index (χ1) is 12.0. The van der Waals surface area contributed by atoms with Crippen molar-refractivity contribution in [3.8, 4) is 0 Å². The van der Waals surface area contributed by atoms with Gasteiger partial charge in [-0.3, -0.25) is 14.4 Å². The second-order valence-electron chi connectivity index (χ2n) is 7.76. The highest BCUT2D eigenvalue weighted by Gasteiger charge is 2.49. The maximum atomic E-state index is 12.1. The van der Waals surface area contributed by atoms with E-state index in [0.29, 0.717) is 4.75 Å². The van der Waals surface area contributed by atoms with E-state index < -0.39 is 0 Å². The molecular weight excluding hydrogens is 336 g/mol. The Morgan fingerprint density at radius 1 is 1.40 bits per heavy atom. The number of aryl methyl sites for hydroxylation is 2. The normalized spacial score (nSPS) is 25.7. The lowest BCUT2D eigenvalue weighted by molar-refractivity contribution is -0.136. The molecule has 4 rings (SSSR count). The van der Waals surface area contributed by atoms with Gasteiger partial charge in [0.05, 0.1) is 17.5 Å². The van der Waals surface area contributed by atoms with Gasteiger partial charge in [-0.25, -0.2) is 0 Å². The number of amides is 1. The van der Waals surface area contributed by atoms with E-state index in [1.165, 1.54) is 5.69 Å². The monoisotopic (exact) mass is 364 g/mol. The van der Waals surface area contributed by atoms with Crippen molar-refractivity contribution in [2.24, 2.45) is 7.05 Å². The lowest BCUT2D eigenvalue weighted by atomic mass is 9.93. The number of hydrogen-bond acceptors (Lipinski definition) is 5. The van der Waals surface area contributed by atoms with Crippen LogP contribution in [-0.4, -0.2) is 74.9 Å². The number of carbonyl (C=O) groups excluding carboxylic acids is 1. The van der Waals surface area contributed by atoms with Crippen LogP contribution in [0.25, 0.3) is 0 Å². The number of thioether (sulfide) groups is 1. The van der Waals surface area contributed by atoms with Crippen LogP contribution >= 0.6 is 11.8 Å². The lowest BCUT2D eigenvalue weighted by Crippen LogP contribution is -2.58. The van der Waals surface area contributed by atoms with Gasteiger partial charge in [-0.1, -0.05) is 0 Å². The zero-order valence-electron chi connectivity index (χ0n) is 15.2. The van der Waals surface area contributed by atoms with Crippen LogP contribution < -0.4 is 0 Å². The molecule has 0 aromatic carbocycles. The van der Waals surface area contributed by atoms with Crippen LogP contribution in [0.2, 0.25) is 0 Å². The smallest absolute Gasteiger partial charge is 0.248 e. The molecule has 3 saturated heterocycles. The standard InChI is InChI=1S/C18H28N4O2S/c1-14-7-15(20(2)19-14)9-21-12-18(13-21)8-16(11-25-18)24-10-17(23)22-5-3-4-6-22/h7,16H,3-6,8-13H2,1-2H3. The zero-order valence-corrected chi connectivity index (χ0v) is 16.1. The molecule has 3 fully saturated rings. The predicted octanol–water partition coefficient (Wildman–Crippen LogP) is 1.43. The van der Waals surface area contributed by atoms with Crippen molar-refractivity contribution in [1.29, 1.82) is 0 Å². The fourth-order valence-corrected chi connectivity index (χ4v) is 5.90. The van der Waals surface area contributed by atoms with Gasteiger partial charge < -0.3 is 9.64 Å². The zero-order chi connectivity index (χ0) is 17.4. The van der Waals surface area contributed by atoms with Crippen molar-refractivity contribution in [2.45, 2.75) is 43.6 Å². The Labute approximate surface area is 153 Å². The van der Waals surface area contributed by atoms with E-state index in [2.05, 4.69) is 16.1 Å². The highest BCUT2D eigenvalue weighted by Crippen LogP contribution is 2.46. The maximum absolute atomic E-state index is 12.1. The van der Waals surface area contributed by atoms with Crippen molar-refractivity contribution in [3.05, 3.63) is 17.5 Å². The number of rotatable bonds is 5. The molecule has 0 saturated carbocycles. The first-order valence-electron chi connectivity index (χ1n) is 9.28. The van der Waals surface area contributed by atoms with E-state index in [1.807, 2.05) is 35.3 Å². The molecule has 3 aliphatic heterocycles. The number of ether oxygens (including phenoxy) is 1. The second kappa shape index (κ2) is 6.93. The lowest BCUT2D eigenvalue weighted by Gasteiger charge is -2.47. The number of nitrogens with zero attached hydrogens (tertiary/aromatic N) is 4. The van der Waals surface area contributed by atoms with Crippen LogP contribution in [-0.2, 0) is 23.1 Å². The first kappa shape index (κ1) is 17.4. The SMILES string of the molecule is Cc1cc(CN2CC3(CC(OCC(=O)N4CCCC4)CS3)C2)n(C)n1. The summed E-state index contributed by atoms with van der Waals surface area (Å²) in [6.45, 7) is 7.32. The Morgan fingerprint density at radius 2 is 2.16 bits per heavy atom. The summed E-state index contributed by atoms with van der Waals surface area (Å²) < 4.78 is 8.27. The fraction of sp³-hybridized carbons (Fsp3) is 0.778. The molecule has 3 aliphatic rings. The molecular formula is C18H28N4O2S. The van der Waals surface area contributed by atoms with Crippen LogP contribution in [0, 0.1) is 6.92 Å². The third-order valence-corrected chi connectivity index (χ3v) is 7.16. The molecule has 1 aromatic rings. The molecule has 1 amide bonds. The summed E-state index contributed by atoms with van der Waals surface area (Å²) in [5.41, 5.74) is 2.36. The number of aromatic nitrogens is 2. The summed E-state index contributed by atoms with van der Waals surface area (Å²) in [5, 5.41) is 4.43. The highest BCUT2D eigenvalue weighted by molar-refractivity contribution is 8.01. The minimum Gasteiger partial charge on any atom is -0.367 e. The molecule has 25 heavy (non-hydrogen) atoms. The van der Waals surface area contributed by atoms with E-state index in [0.717, 1.165) is 63.4 Å². The summed E-state index contributed by atoms with van der Waals surface area (Å²) in [5.74, 6) is 1.19. The summed E-state index contributed by atoms with van der Waals surface area (Å²) in [7, 11) is 2.02. The summed E-state index contributed by atoms with van der Waals surface area (Å²) in [6, 6.07) is 2.17. The molecule has 6 nitrogen and oxygen atoms in total. The third-order valence-electron chi connectivity index (χ3n) is 5.58. The van der Waals surface area contributed by atoms with Crippen LogP contribution in [0.3, 0.4) is 0 Å². The van der Waals surface area contributed by atoms with Crippen LogP contribution in [0.15, 0.2) is 6.07 Å². The van der Waals surface area contributed by atoms with Gasteiger partial charge in [0.1, 0.15) is 6.61 Å². The van der Waals surface area contributed by atoms with E-state index in [4.69, 9.17) is 4.74 Å². The van der Waals surface area contributed by atoms with E-state index in [-0.39, 0.29) is 18.6 Å². The van der Waals surface area contributed by atoms with Crippen molar-refractivity contribution >= 4 is 17.7 Å². The summed E-state index contributed by atoms with van der Waals surface area (Å²) in [4.78, 5) is 16.5. The van der Waals surface area contributed by atoms with Crippen LogP contribution in [0.4, 0.5) is 0 Å². The van der Waals surface area contributed by atoms with Crippen LogP contribution in [0.5, 0.6) is 0 Å². The quantitative estimate of drug-likeness (QED) is 0.791. The minimum absolute atomic E-state index is 0.172. The van der Waals surface area contributed by atoms with Gasteiger partial charge in [0.15, 0.2) is 0 Å². The molecule has 1 unspecified atom stereocenters. The van der Waals surface area contributed by atoms with Gasteiger partial charge in [0, 0.05) is 50.3 Å². The molecule has 0 N–H and O–H groups in total. The van der Waals surface area contributed by atoms with Crippen molar-refractivity contribution in [3.63, 3.8) is 0 Å². The third kappa shape index (κ3) is 3.73. The fourth-order valence-electron chi connectivity index (χ4n) is 4.30. The van der Waals surface area contributed by atoms with Crippen molar-refractivity contribution < 1.29 is 9.53 Å². The van der Waals surface area contributed by atoms with E-state index in [1.54, 1.807) is 0 Å². The Hall–Kier alpha value is -1.05. The summed E-state index contributed by atoms with van der Waals surface area (Å²) in [6.07, 6.45) is 3.59. The average molecular weight is 365 g/mol. The molecule has 0 aliphatic carbocycles. The highest BCUT2D eigenvalue weighted by atomic mass is 32.2. The first-order valence-corrected chi connectivity index (χ1v) is 10.3. The van der Waals surface area contributed by atoms with Gasteiger partial charge in [0.25, 0.3) is 0 Å².